The van der Waals surface area contributed by atoms with Crippen molar-refractivity contribution in [2.24, 2.45) is 0 Å². The molecule has 0 atom stereocenters. The lowest BCUT2D eigenvalue weighted by atomic mass is 10.3. The number of anilines is 2. The van der Waals surface area contributed by atoms with Gasteiger partial charge < -0.3 is 20.6 Å². The summed E-state index contributed by atoms with van der Waals surface area (Å²) in [6.45, 7) is 2.14. The fraction of sp³-hybridized carbons (Fsp3) is 0.455. The van der Waals surface area contributed by atoms with Crippen LogP contribution >= 0.6 is 0 Å². The smallest absolute Gasteiger partial charge is 0.222 e. The molecule has 0 spiro atoms. The van der Waals surface area contributed by atoms with Crippen LogP contribution in [-0.4, -0.2) is 42.2 Å². The second-order valence-corrected chi connectivity index (χ2v) is 4.12. The standard InChI is InChI=1S/C11H17N5O2/c1-16(3-4-17-2)6-7-5-8-9(18-7)10(12)15-11(13)14-8/h5H,3-4,6H2,1-2H3,(H4,12,13,14,15). The Morgan fingerprint density at radius 1 is 1.39 bits per heavy atom. The van der Waals surface area contributed by atoms with E-state index in [2.05, 4.69) is 14.9 Å². The van der Waals surface area contributed by atoms with E-state index < -0.39 is 0 Å². The van der Waals surface area contributed by atoms with E-state index in [-0.39, 0.29) is 11.8 Å². The quantitative estimate of drug-likeness (QED) is 0.795. The molecule has 98 valence electrons. The third kappa shape index (κ3) is 2.69. The monoisotopic (exact) mass is 251 g/mol. The highest BCUT2D eigenvalue weighted by Crippen LogP contribution is 2.23. The van der Waals surface area contributed by atoms with E-state index in [9.17, 15) is 0 Å². The first-order valence-corrected chi connectivity index (χ1v) is 5.59. The Kier molecular flexibility index (Phi) is 3.63. The third-order valence-corrected chi connectivity index (χ3v) is 2.57. The minimum absolute atomic E-state index is 0.153. The average molecular weight is 251 g/mol. The van der Waals surface area contributed by atoms with Crippen LogP contribution in [0.1, 0.15) is 5.76 Å². The van der Waals surface area contributed by atoms with Crippen molar-refractivity contribution in [1.29, 1.82) is 0 Å². The van der Waals surface area contributed by atoms with E-state index in [0.717, 1.165) is 12.3 Å². The van der Waals surface area contributed by atoms with Crippen LogP contribution in [0.25, 0.3) is 11.1 Å². The Morgan fingerprint density at radius 3 is 2.89 bits per heavy atom. The Balaban J connectivity index is 2.17. The molecular weight excluding hydrogens is 234 g/mol. The molecular formula is C11H17N5O2. The molecule has 0 unspecified atom stereocenters. The van der Waals surface area contributed by atoms with Gasteiger partial charge in [0, 0.05) is 19.7 Å². The van der Waals surface area contributed by atoms with Crippen LogP contribution in [0, 0.1) is 0 Å². The van der Waals surface area contributed by atoms with E-state index in [1.807, 2.05) is 13.1 Å². The van der Waals surface area contributed by atoms with Crippen molar-refractivity contribution in [1.82, 2.24) is 14.9 Å². The lowest BCUT2D eigenvalue weighted by molar-refractivity contribution is 0.155. The molecule has 0 aliphatic carbocycles. The largest absolute Gasteiger partial charge is 0.454 e. The number of nitrogens with zero attached hydrogens (tertiary/aromatic N) is 3. The van der Waals surface area contributed by atoms with Gasteiger partial charge in [-0.25, -0.2) is 4.98 Å². The summed E-state index contributed by atoms with van der Waals surface area (Å²) in [5, 5.41) is 0. The Labute approximate surface area is 105 Å². The fourth-order valence-corrected chi connectivity index (χ4v) is 1.69. The van der Waals surface area contributed by atoms with E-state index in [0.29, 0.717) is 24.3 Å². The number of methoxy groups -OCH3 is 1. The van der Waals surface area contributed by atoms with Gasteiger partial charge in [0.15, 0.2) is 11.4 Å². The van der Waals surface area contributed by atoms with E-state index in [1.165, 1.54) is 0 Å². The first kappa shape index (κ1) is 12.6. The molecule has 0 saturated heterocycles. The second-order valence-electron chi connectivity index (χ2n) is 4.12. The molecule has 2 heterocycles. The summed E-state index contributed by atoms with van der Waals surface area (Å²) >= 11 is 0. The molecule has 0 amide bonds. The number of likely N-dealkylation sites (N-methyl/N-ethyl adjacent to an activating group) is 1. The van der Waals surface area contributed by atoms with Gasteiger partial charge in [0.05, 0.1) is 13.2 Å². The van der Waals surface area contributed by atoms with Crippen LogP contribution < -0.4 is 11.5 Å². The minimum atomic E-state index is 0.153. The van der Waals surface area contributed by atoms with Crippen molar-refractivity contribution in [3.63, 3.8) is 0 Å². The van der Waals surface area contributed by atoms with Gasteiger partial charge in [-0.3, -0.25) is 4.90 Å². The van der Waals surface area contributed by atoms with Gasteiger partial charge in [-0.05, 0) is 7.05 Å². The highest BCUT2D eigenvalue weighted by Gasteiger charge is 2.11. The first-order chi connectivity index (χ1) is 8.60. The van der Waals surface area contributed by atoms with Crippen molar-refractivity contribution >= 4 is 22.9 Å². The number of fused-ring (bicyclic) bond motifs is 1. The van der Waals surface area contributed by atoms with Gasteiger partial charge in [0.25, 0.3) is 0 Å². The Morgan fingerprint density at radius 2 is 2.17 bits per heavy atom. The summed E-state index contributed by atoms with van der Waals surface area (Å²) < 4.78 is 10.6. The number of aromatic nitrogens is 2. The molecule has 0 aliphatic rings. The molecule has 0 radical (unpaired) electrons. The fourth-order valence-electron chi connectivity index (χ4n) is 1.69. The number of hydrogen-bond acceptors (Lipinski definition) is 7. The lowest BCUT2D eigenvalue weighted by Crippen LogP contribution is -2.21. The summed E-state index contributed by atoms with van der Waals surface area (Å²) in [5.41, 5.74) is 12.4. The van der Waals surface area contributed by atoms with Gasteiger partial charge >= 0.3 is 0 Å². The number of furan rings is 1. The van der Waals surface area contributed by atoms with Gasteiger partial charge in [0.2, 0.25) is 5.95 Å². The summed E-state index contributed by atoms with van der Waals surface area (Å²) in [6.07, 6.45) is 0. The molecule has 2 aromatic rings. The lowest BCUT2D eigenvalue weighted by Gasteiger charge is -2.13. The van der Waals surface area contributed by atoms with Crippen molar-refractivity contribution in [3.05, 3.63) is 11.8 Å². The molecule has 0 aromatic carbocycles. The molecule has 2 aromatic heterocycles. The topological polar surface area (TPSA) is 103 Å². The maximum Gasteiger partial charge on any atom is 0.222 e. The molecule has 7 heteroatoms. The molecule has 0 aliphatic heterocycles. The average Bonchev–Trinajstić information content (AvgIpc) is 2.69. The zero-order valence-electron chi connectivity index (χ0n) is 10.5. The number of nitrogens with two attached hydrogens (primary N) is 2. The third-order valence-electron chi connectivity index (χ3n) is 2.57. The molecule has 0 bridgehead atoms. The zero-order chi connectivity index (χ0) is 13.1. The summed E-state index contributed by atoms with van der Waals surface area (Å²) in [7, 11) is 3.66. The highest BCUT2D eigenvalue weighted by atomic mass is 16.5. The SMILES string of the molecule is COCCN(C)Cc1cc2nc(N)nc(N)c2o1. The summed E-state index contributed by atoms with van der Waals surface area (Å²) in [4.78, 5) is 10.0. The maximum atomic E-state index is 5.72. The molecule has 2 rings (SSSR count). The van der Waals surface area contributed by atoms with Crippen molar-refractivity contribution < 1.29 is 9.15 Å². The molecule has 4 N–H and O–H groups in total. The van der Waals surface area contributed by atoms with E-state index >= 15 is 0 Å². The predicted octanol–water partition coefficient (Wildman–Crippen LogP) is 0.465. The van der Waals surface area contributed by atoms with Crippen LogP contribution in [0.5, 0.6) is 0 Å². The number of nitrogen functional groups attached to an aromatic ring is 2. The first-order valence-electron chi connectivity index (χ1n) is 5.59. The van der Waals surface area contributed by atoms with Crippen LogP contribution in [0.2, 0.25) is 0 Å². The summed E-state index contributed by atoms with van der Waals surface area (Å²) in [5.74, 6) is 1.19. The molecule has 18 heavy (non-hydrogen) atoms. The van der Waals surface area contributed by atoms with E-state index in [1.54, 1.807) is 7.11 Å². The summed E-state index contributed by atoms with van der Waals surface area (Å²) in [6, 6.07) is 1.83. The zero-order valence-corrected chi connectivity index (χ0v) is 10.5. The maximum absolute atomic E-state index is 5.72. The minimum Gasteiger partial charge on any atom is -0.454 e. The number of hydrogen-bond donors (Lipinski definition) is 2. The van der Waals surface area contributed by atoms with Crippen LogP contribution in [0.3, 0.4) is 0 Å². The molecule has 0 fully saturated rings. The van der Waals surface area contributed by atoms with Gasteiger partial charge in [-0.1, -0.05) is 0 Å². The van der Waals surface area contributed by atoms with Crippen LogP contribution in [0.15, 0.2) is 10.5 Å². The van der Waals surface area contributed by atoms with Gasteiger partial charge in [0.1, 0.15) is 11.3 Å². The van der Waals surface area contributed by atoms with Crippen molar-refractivity contribution in [2.45, 2.75) is 6.54 Å². The number of rotatable bonds is 5. The second kappa shape index (κ2) is 5.19. The van der Waals surface area contributed by atoms with E-state index in [4.69, 9.17) is 20.6 Å². The Hall–Kier alpha value is -1.86. The molecule has 7 nitrogen and oxygen atoms in total. The number of ether oxygens (including phenoxy) is 1. The molecule has 0 saturated carbocycles. The normalized spacial score (nSPS) is 11.5. The Bertz CT molecular complexity index is 539. The predicted molar refractivity (Wildman–Crippen MR) is 68.8 cm³/mol. The van der Waals surface area contributed by atoms with Gasteiger partial charge in [-0.2, -0.15) is 4.98 Å². The van der Waals surface area contributed by atoms with Crippen molar-refractivity contribution in [3.8, 4) is 0 Å². The highest BCUT2D eigenvalue weighted by molar-refractivity contribution is 5.83. The van der Waals surface area contributed by atoms with Crippen LogP contribution in [-0.2, 0) is 11.3 Å². The van der Waals surface area contributed by atoms with Gasteiger partial charge in [-0.15, -0.1) is 0 Å². The van der Waals surface area contributed by atoms with Crippen LogP contribution in [0.4, 0.5) is 11.8 Å². The van der Waals surface area contributed by atoms with Crippen molar-refractivity contribution in [2.75, 3.05) is 38.8 Å².